The normalized spacial score (nSPS) is 9.71. The van der Waals surface area contributed by atoms with Gasteiger partial charge in [0.05, 0.1) is 5.56 Å². The lowest BCUT2D eigenvalue weighted by Crippen LogP contribution is -1.99. The second-order valence-corrected chi connectivity index (χ2v) is 6.13. The molecule has 2 aromatic rings. The van der Waals surface area contributed by atoms with Gasteiger partial charge in [-0.25, -0.2) is 0 Å². The number of rotatable bonds is 2. The lowest BCUT2D eigenvalue weighted by molar-refractivity contribution is 0.101. The highest BCUT2D eigenvalue weighted by Gasteiger charge is 2.07. The van der Waals surface area contributed by atoms with E-state index >= 15 is 0 Å². The van der Waals surface area contributed by atoms with E-state index in [0.29, 0.717) is 11.3 Å². The van der Waals surface area contributed by atoms with E-state index in [1.165, 1.54) is 12.5 Å². The molecular formula is C16H18Br2N2O. The van der Waals surface area contributed by atoms with Gasteiger partial charge in [0.2, 0.25) is 0 Å². The molecule has 0 unspecified atom stereocenters. The Bertz CT molecular complexity index is 602. The number of Topliss-reactive ketones (excluding diaryl/α,β-unsaturated/α-hetero) is 1. The summed E-state index contributed by atoms with van der Waals surface area (Å²) in [5.41, 5.74) is 14.4. The minimum Gasteiger partial charge on any atom is -0.398 e. The van der Waals surface area contributed by atoms with Crippen molar-refractivity contribution in [1.29, 1.82) is 0 Å². The molecule has 0 aliphatic rings. The summed E-state index contributed by atoms with van der Waals surface area (Å²) in [5, 5.41) is 0. The van der Waals surface area contributed by atoms with Crippen molar-refractivity contribution >= 4 is 49.0 Å². The molecule has 0 saturated heterocycles. The summed E-state index contributed by atoms with van der Waals surface area (Å²) in [7, 11) is 0. The van der Waals surface area contributed by atoms with Gasteiger partial charge >= 0.3 is 0 Å². The van der Waals surface area contributed by atoms with Crippen LogP contribution in [-0.4, -0.2) is 5.78 Å². The minimum absolute atomic E-state index is 0.0185. The van der Waals surface area contributed by atoms with Gasteiger partial charge < -0.3 is 11.5 Å². The zero-order valence-corrected chi connectivity index (χ0v) is 15.2. The van der Waals surface area contributed by atoms with Gasteiger partial charge in [0, 0.05) is 20.3 Å². The summed E-state index contributed by atoms with van der Waals surface area (Å²) in [4.78, 5) is 11.0. The van der Waals surface area contributed by atoms with Gasteiger partial charge in [0.25, 0.3) is 0 Å². The van der Waals surface area contributed by atoms with Crippen molar-refractivity contribution < 1.29 is 4.79 Å². The van der Waals surface area contributed by atoms with E-state index < -0.39 is 0 Å². The number of benzene rings is 2. The fourth-order valence-corrected chi connectivity index (χ4v) is 3.18. The van der Waals surface area contributed by atoms with Crippen LogP contribution in [0.3, 0.4) is 0 Å². The van der Waals surface area contributed by atoms with Crippen LogP contribution in [0.15, 0.2) is 45.3 Å². The highest BCUT2D eigenvalue weighted by atomic mass is 79.9. The van der Waals surface area contributed by atoms with Crippen LogP contribution >= 0.6 is 31.9 Å². The molecule has 4 N–H and O–H groups in total. The third kappa shape index (κ3) is 4.86. The second-order valence-electron chi connectivity index (χ2n) is 4.42. The third-order valence-electron chi connectivity index (χ3n) is 2.91. The molecule has 2 rings (SSSR count). The Hall–Kier alpha value is -1.33. The maximum atomic E-state index is 11.0. The van der Waals surface area contributed by atoms with E-state index in [2.05, 4.69) is 38.8 Å². The molecule has 0 spiro atoms. The topological polar surface area (TPSA) is 69.1 Å². The molecule has 0 saturated carbocycles. The Morgan fingerprint density at radius 1 is 1.00 bits per heavy atom. The number of carbonyl (C=O) groups excluding carboxylic acids is 1. The molecule has 0 aliphatic heterocycles. The number of hydrogen-bond acceptors (Lipinski definition) is 3. The number of ketones is 1. The average Bonchev–Trinajstić information content (AvgIpc) is 2.39. The third-order valence-corrected chi connectivity index (χ3v) is 4.31. The van der Waals surface area contributed by atoms with Crippen LogP contribution in [0.1, 0.15) is 29.8 Å². The molecule has 5 heteroatoms. The lowest BCUT2D eigenvalue weighted by atomic mass is 10.1. The maximum Gasteiger partial charge on any atom is 0.163 e. The number of nitrogens with two attached hydrogens (primary N) is 2. The summed E-state index contributed by atoms with van der Waals surface area (Å²) in [6, 6.07) is 11.2. The van der Waals surface area contributed by atoms with Crippen LogP contribution in [-0.2, 0) is 6.42 Å². The minimum atomic E-state index is -0.0185. The predicted octanol–water partition coefficient (Wildman–Crippen LogP) is 4.83. The van der Waals surface area contributed by atoms with Gasteiger partial charge in [-0.3, -0.25) is 4.79 Å². The van der Waals surface area contributed by atoms with E-state index in [-0.39, 0.29) is 5.78 Å². The van der Waals surface area contributed by atoms with Gasteiger partial charge in [-0.05, 0) is 59.1 Å². The highest BCUT2D eigenvalue weighted by molar-refractivity contribution is 9.10. The monoisotopic (exact) mass is 412 g/mol. The molecular weight excluding hydrogens is 396 g/mol. The Labute approximate surface area is 142 Å². The number of anilines is 2. The van der Waals surface area contributed by atoms with Crippen LogP contribution in [0.5, 0.6) is 0 Å². The molecule has 0 bridgehead atoms. The summed E-state index contributed by atoms with van der Waals surface area (Å²) in [6.07, 6.45) is 0.979. The summed E-state index contributed by atoms with van der Waals surface area (Å²) >= 11 is 6.67. The van der Waals surface area contributed by atoms with Crippen molar-refractivity contribution in [3.05, 3.63) is 56.5 Å². The van der Waals surface area contributed by atoms with Gasteiger partial charge in [-0.1, -0.05) is 35.0 Å². The molecule has 0 fully saturated rings. The molecule has 0 aliphatic carbocycles. The Balaban J connectivity index is 0.000000211. The van der Waals surface area contributed by atoms with Crippen LogP contribution in [0.25, 0.3) is 0 Å². The molecule has 3 nitrogen and oxygen atoms in total. The SMILES string of the molecule is CC(=O)c1c(N)cccc1Br.CCc1c(N)cccc1Br. The van der Waals surface area contributed by atoms with E-state index in [4.69, 9.17) is 11.5 Å². The quantitative estimate of drug-likeness (QED) is 0.547. The van der Waals surface area contributed by atoms with Gasteiger partial charge in [-0.2, -0.15) is 0 Å². The Morgan fingerprint density at radius 3 is 1.86 bits per heavy atom. The van der Waals surface area contributed by atoms with Crippen LogP contribution in [0.2, 0.25) is 0 Å². The van der Waals surface area contributed by atoms with Crippen molar-refractivity contribution in [2.24, 2.45) is 0 Å². The summed E-state index contributed by atoms with van der Waals surface area (Å²) in [6.45, 7) is 3.59. The number of carbonyl (C=O) groups is 1. The van der Waals surface area contributed by atoms with E-state index in [9.17, 15) is 4.79 Å². The zero-order valence-electron chi connectivity index (χ0n) is 12.0. The van der Waals surface area contributed by atoms with E-state index in [1.807, 2.05) is 18.2 Å². The van der Waals surface area contributed by atoms with Crippen molar-refractivity contribution in [3.63, 3.8) is 0 Å². The van der Waals surface area contributed by atoms with E-state index in [1.54, 1.807) is 18.2 Å². The maximum absolute atomic E-state index is 11.0. The highest BCUT2D eigenvalue weighted by Crippen LogP contribution is 2.23. The summed E-state index contributed by atoms with van der Waals surface area (Å²) in [5.74, 6) is -0.0185. The molecule has 0 amide bonds. The fraction of sp³-hybridized carbons (Fsp3) is 0.188. The van der Waals surface area contributed by atoms with Gasteiger partial charge in [-0.15, -0.1) is 0 Å². The molecule has 21 heavy (non-hydrogen) atoms. The van der Waals surface area contributed by atoms with Crippen molar-refractivity contribution in [2.75, 3.05) is 11.5 Å². The van der Waals surface area contributed by atoms with Gasteiger partial charge in [0.15, 0.2) is 5.78 Å². The number of nitrogen functional groups attached to an aromatic ring is 2. The summed E-state index contributed by atoms with van der Waals surface area (Å²) < 4.78 is 1.86. The predicted molar refractivity (Wildman–Crippen MR) is 96.5 cm³/mol. The zero-order chi connectivity index (χ0) is 16.0. The van der Waals surface area contributed by atoms with E-state index in [0.717, 1.165) is 21.1 Å². The first-order valence-electron chi connectivity index (χ1n) is 6.46. The first-order valence-corrected chi connectivity index (χ1v) is 8.04. The first kappa shape index (κ1) is 17.7. The molecule has 2 aromatic carbocycles. The van der Waals surface area contributed by atoms with Crippen molar-refractivity contribution in [3.8, 4) is 0 Å². The number of hydrogen-bond donors (Lipinski definition) is 2. The standard InChI is InChI=1S/C8H8BrNO.C8H10BrN/c1-5(11)8-6(9)3-2-4-7(8)10;1-2-6-7(9)4-3-5-8(6)10/h2-4H,10H2,1H3;3-5H,2,10H2,1H3. The molecule has 112 valence electrons. The van der Waals surface area contributed by atoms with Crippen LogP contribution in [0, 0.1) is 0 Å². The molecule has 0 aromatic heterocycles. The molecule has 0 heterocycles. The lowest BCUT2D eigenvalue weighted by Gasteiger charge is -2.03. The first-order chi connectivity index (χ1) is 9.88. The molecule has 0 radical (unpaired) electrons. The van der Waals surface area contributed by atoms with Crippen molar-refractivity contribution in [2.45, 2.75) is 20.3 Å². The number of halogens is 2. The second kappa shape index (κ2) is 8.20. The van der Waals surface area contributed by atoms with Crippen LogP contribution < -0.4 is 11.5 Å². The molecule has 0 atom stereocenters. The smallest absolute Gasteiger partial charge is 0.163 e. The van der Waals surface area contributed by atoms with Crippen LogP contribution in [0.4, 0.5) is 11.4 Å². The van der Waals surface area contributed by atoms with Crippen molar-refractivity contribution in [1.82, 2.24) is 0 Å². The average molecular weight is 414 g/mol. The fourth-order valence-electron chi connectivity index (χ4n) is 1.86. The van der Waals surface area contributed by atoms with Gasteiger partial charge in [0.1, 0.15) is 0 Å². The largest absolute Gasteiger partial charge is 0.398 e. The Kier molecular flexibility index (Phi) is 6.92. The Morgan fingerprint density at radius 2 is 1.52 bits per heavy atom.